The van der Waals surface area contributed by atoms with Crippen molar-refractivity contribution in [3.63, 3.8) is 0 Å². The van der Waals surface area contributed by atoms with Gasteiger partial charge in [0.2, 0.25) is 11.8 Å². The molecule has 2 amide bonds. The van der Waals surface area contributed by atoms with Crippen LogP contribution in [-0.4, -0.2) is 35.5 Å². The molecular formula is C20H20N4O3S. The number of rotatable bonds is 8. The molecule has 144 valence electrons. The predicted molar refractivity (Wildman–Crippen MR) is 111 cm³/mol. The summed E-state index contributed by atoms with van der Waals surface area (Å²) < 4.78 is 6.87. The number of hydrogen-bond acceptors (Lipinski definition) is 5. The van der Waals surface area contributed by atoms with Crippen LogP contribution in [0.5, 0.6) is 5.75 Å². The average molecular weight is 396 g/mol. The van der Waals surface area contributed by atoms with Crippen molar-refractivity contribution in [1.29, 1.82) is 0 Å². The highest BCUT2D eigenvalue weighted by atomic mass is 32.2. The summed E-state index contributed by atoms with van der Waals surface area (Å²) in [5.41, 5.74) is 9.50. The van der Waals surface area contributed by atoms with Crippen molar-refractivity contribution in [2.75, 3.05) is 12.9 Å². The molecule has 1 aromatic heterocycles. The lowest BCUT2D eigenvalue weighted by atomic mass is 10.2. The average Bonchev–Trinajstić information content (AvgIpc) is 3.04. The number of fused-ring (bicyclic) bond motifs is 1. The number of thioether (sulfide) groups is 1. The van der Waals surface area contributed by atoms with Crippen LogP contribution < -0.4 is 15.9 Å². The lowest BCUT2D eigenvalue weighted by Gasteiger charge is -2.02. The van der Waals surface area contributed by atoms with Crippen molar-refractivity contribution in [2.24, 2.45) is 10.8 Å². The van der Waals surface area contributed by atoms with E-state index in [1.54, 1.807) is 24.1 Å². The van der Waals surface area contributed by atoms with E-state index in [2.05, 4.69) is 10.5 Å². The number of aromatic nitrogens is 1. The summed E-state index contributed by atoms with van der Waals surface area (Å²) in [6, 6.07) is 15.1. The summed E-state index contributed by atoms with van der Waals surface area (Å²) in [4.78, 5) is 24.2. The van der Waals surface area contributed by atoms with Gasteiger partial charge in [0.1, 0.15) is 12.3 Å². The number of hydrogen-bond donors (Lipinski definition) is 2. The summed E-state index contributed by atoms with van der Waals surface area (Å²) in [6.45, 7) is 0.0826. The quantitative estimate of drug-likeness (QED) is 0.347. The van der Waals surface area contributed by atoms with Crippen molar-refractivity contribution < 1.29 is 14.3 Å². The monoisotopic (exact) mass is 396 g/mol. The van der Waals surface area contributed by atoms with E-state index in [-0.39, 0.29) is 18.2 Å². The van der Waals surface area contributed by atoms with Crippen LogP contribution in [0.2, 0.25) is 0 Å². The molecule has 0 atom stereocenters. The first-order valence-corrected chi connectivity index (χ1v) is 9.50. The maximum absolute atomic E-state index is 12.0. The number of nitrogens with zero attached hydrogens (tertiary/aromatic N) is 2. The first kappa shape index (κ1) is 19.5. The van der Waals surface area contributed by atoms with Gasteiger partial charge < -0.3 is 15.0 Å². The number of carbonyl (C=O) groups excluding carboxylic acids is 2. The number of nitrogens with two attached hydrogens (primary N) is 1. The molecule has 0 fully saturated rings. The molecule has 0 aliphatic rings. The fourth-order valence-electron chi connectivity index (χ4n) is 2.70. The molecule has 3 aromatic rings. The largest absolute Gasteiger partial charge is 0.497 e. The van der Waals surface area contributed by atoms with Gasteiger partial charge in [0.15, 0.2) is 0 Å². The predicted octanol–water partition coefficient (Wildman–Crippen LogP) is 2.38. The molecule has 0 saturated carbocycles. The summed E-state index contributed by atoms with van der Waals surface area (Å²) in [5, 5.41) is 4.96. The zero-order chi connectivity index (χ0) is 19.9. The van der Waals surface area contributed by atoms with Crippen LogP contribution in [0.4, 0.5) is 0 Å². The van der Waals surface area contributed by atoms with Crippen molar-refractivity contribution in [1.82, 2.24) is 9.99 Å². The fourth-order valence-corrected chi connectivity index (χ4v) is 3.39. The number of para-hydroxylation sites is 1. The van der Waals surface area contributed by atoms with Gasteiger partial charge in [-0.05, 0) is 30.3 Å². The molecule has 0 bridgehead atoms. The molecular weight excluding hydrogens is 376 g/mol. The summed E-state index contributed by atoms with van der Waals surface area (Å²) >= 11 is 1.41. The van der Waals surface area contributed by atoms with E-state index in [1.807, 2.05) is 48.5 Å². The third-order valence-electron chi connectivity index (χ3n) is 3.97. The highest BCUT2D eigenvalue weighted by Gasteiger charge is 2.08. The number of primary amides is 1. The van der Waals surface area contributed by atoms with Gasteiger partial charge in [-0.2, -0.15) is 5.10 Å². The fraction of sp³-hybridized carbons (Fsp3) is 0.150. The van der Waals surface area contributed by atoms with Crippen molar-refractivity contribution >= 4 is 40.7 Å². The van der Waals surface area contributed by atoms with Crippen LogP contribution in [-0.2, 0) is 16.1 Å². The van der Waals surface area contributed by atoms with Crippen LogP contribution >= 0.6 is 11.8 Å². The maximum atomic E-state index is 12.0. The van der Waals surface area contributed by atoms with E-state index in [1.165, 1.54) is 11.8 Å². The Morgan fingerprint density at radius 2 is 1.96 bits per heavy atom. The molecule has 0 saturated heterocycles. The van der Waals surface area contributed by atoms with Crippen LogP contribution in [0.3, 0.4) is 0 Å². The second-order valence-corrected chi connectivity index (χ2v) is 7.00. The van der Waals surface area contributed by atoms with Gasteiger partial charge in [-0.3, -0.25) is 9.59 Å². The van der Waals surface area contributed by atoms with Gasteiger partial charge in [0.05, 0.1) is 19.1 Å². The minimum absolute atomic E-state index is 0.0826. The molecule has 3 rings (SSSR count). The number of nitrogens with one attached hydrogen (secondary N) is 1. The number of benzene rings is 2. The smallest absolute Gasteiger partial charge is 0.250 e. The van der Waals surface area contributed by atoms with E-state index < -0.39 is 5.91 Å². The summed E-state index contributed by atoms with van der Waals surface area (Å²) in [5.74, 6) is 0.382. The third kappa shape index (κ3) is 4.92. The Labute approximate surface area is 166 Å². The minimum Gasteiger partial charge on any atom is -0.497 e. The zero-order valence-electron chi connectivity index (χ0n) is 15.3. The molecule has 0 aliphatic carbocycles. The van der Waals surface area contributed by atoms with Gasteiger partial charge in [0.25, 0.3) is 0 Å². The zero-order valence-corrected chi connectivity index (χ0v) is 16.1. The SMILES string of the molecule is COc1ccc(SCC(=O)NN=Cc2cn(CC(N)=O)c3ccccc23)cc1. The van der Waals surface area contributed by atoms with Gasteiger partial charge in [-0.1, -0.05) is 18.2 Å². The minimum atomic E-state index is -0.423. The first-order chi connectivity index (χ1) is 13.6. The third-order valence-corrected chi connectivity index (χ3v) is 4.98. The van der Waals surface area contributed by atoms with Crippen molar-refractivity contribution in [3.8, 4) is 5.75 Å². The maximum Gasteiger partial charge on any atom is 0.250 e. The molecule has 0 spiro atoms. The molecule has 0 aliphatic heterocycles. The molecule has 3 N–H and O–H groups in total. The van der Waals surface area contributed by atoms with Gasteiger partial charge in [-0.25, -0.2) is 5.43 Å². The number of carbonyl (C=O) groups is 2. The Bertz CT molecular complexity index is 1010. The molecule has 8 heteroatoms. The van der Waals surface area contributed by atoms with Crippen LogP contribution in [0.1, 0.15) is 5.56 Å². The van der Waals surface area contributed by atoms with E-state index in [9.17, 15) is 9.59 Å². The van der Waals surface area contributed by atoms with Gasteiger partial charge in [0, 0.05) is 27.6 Å². The molecule has 0 radical (unpaired) electrons. The Morgan fingerprint density at radius 3 is 2.68 bits per heavy atom. The van der Waals surface area contributed by atoms with Crippen LogP contribution in [0.15, 0.2) is 64.7 Å². The van der Waals surface area contributed by atoms with E-state index in [0.29, 0.717) is 0 Å². The Hall–Kier alpha value is -3.26. The lowest BCUT2D eigenvalue weighted by molar-refractivity contribution is -0.119. The van der Waals surface area contributed by atoms with E-state index >= 15 is 0 Å². The number of amides is 2. The highest BCUT2D eigenvalue weighted by molar-refractivity contribution is 8.00. The highest BCUT2D eigenvalue weighted by Crippen LogP contribution is 2.21. The van der Waals surface area contributed by atoms with Gasteiger partial charge >= 0.3 is 0 Å². The molecule has 1 heterocycles. The number of ether oxygens (including phenoxy) is 1. The summed E-state index contributed by atoms with van der Waals surface area (Å²) in [7, 11) is 1.61. The Kier molecular flexibility index (Phi) is 6.33. The Balaban J connectivity index is 1.60. The molecule has 7 nitrogen and oxygen atoms in total. The van der Waals surface area contributed by atoms with Crippen molar-refractivity contribution in [3.05, 3.63) is 60.3 Å². The number of hydrazone groups is 1. The Morgan fingerprint density at radius 1 is 1.21 bits per heavy atom. The first-order valence-electron chi connectivity index (χ1n) is 8.52. The summed E-state index contributed by atoms with van der Waals surface area (Å²) in [6.07, 6.45) is 3.35. The lowest BCUT2D eigenvalue weighted by Crippen LogP contribution is -2.19. The second kappa shape index (κ2) is 9.09. The molecule has 2 aromatic carbocycles. The number of methoxy groups -OCH3 is 1. The molecule has 0 unspecified atom stereocenters. The topological polar surface area (TPSA) is 98.7 Å². The van der Waals surface area contributed by atoms with Crippen LogP contribution in [0, 0.1) is 0 Å². The van der Waals surface area contributed by atoms with Crippen LogP contribution in [0.25, 0.3) is 10.9 Å². The normalized spacial score (nSPS) is 11.0. The van der Waals surface area contributed by atoms with E-state index in [0.717, 1.165) is 27.1 Å². The van der Waals surface area contributed by atoms with Gasteiger partial charge in [-0.15, -0.1) is 11.8 Å². The second-order valence-electron chi connectivity index (χ2n) is 5.95. The standard InChI is InChI=1S/C20H20N4O3S/c1-27-15-6-8-16(9-7-15)28-13-20(26)23-22-10-14-11-24(12-19(21)25)18-5-3-2-4-17(14)18/h2-11H,12-13H2,1H3,(H2,21,25)(H,23,26). The van der Waals surface area contributed by atoms with E-state index in [4.69, 9.17) is 10.5 Å². The van der Waals surface area contributed by atoms with Crippen molar-refractivity contribution in [2.45, 2.75) is 11.4 Å². The molecule has 28 heavy (non-hydrogen) atoms.